The molecule has 2 unspecified atom stereocenters. The van der Waals surface area contributed by atoms with Crippen molar-refractivity contribution in [1.29, 1.82) is 0 Å². The molecule has 1 heterocycles. The molecule has 0 amide bonds. The van der Waals surface area contributed by atoms with Crippen LogP contribution in [0.4, 0.5) is 0 Å². The minimum absolute atomic E-state index is 0.0839. The monoisotopic (exact) mass is 201 g/mol. The van der Waals surface area contributed by atoms with Crippen LogP contribution in [-0.2, 0) is 6.42 Å². The van der Waals surface area contributed by atoms with Gasteiger partial charge in [0, 0.05) is 16.3 Å². The van der Waals surface area contributed by atoms with Crippen LogP contribution in [0.25, 0.3) is 0 Å². The molecular formula is C9H15NO2S. The molecule has 0 bridgehead atoms. The van der Waals surface area contributed by atoms with Gasteiger partial charge in [-0.15, -0.1) is 11.3 Å². The van der Waals surface area contributed by atoms with E-state index in [9.17, 15) is 10.2 Å². The molecular weight excluding hydrogens is 186 g/mol. The van der Waals surface area contributed by atoms with Crippen LogP contribution in [0.5, 0.6) is 0 Å². The van der Waals surface area contributed by atoms with Crippen molar-refractivity contribution in [3.8, 4) is 0 Å². The van der Waals surface area contributed by atoms with Crippen LogP contribution in [0.15, 0.2) is 12.1 Å². The standard InChI is InChI=1S/C9H15NO2S/c1-2-6-3-4-8(13-6)9(12)7(11)5-10/h3-4,7,9,11-12H,2,5,10H2,1H3. The number of aliphatic hydroxyl groups excluding tert-OH is 2. The lowest BCUT2D eigenvalue weighted by Gasteiger charge is -2.13. The van der Waals surface area contributed by atoms with Crippen LogP contribution >= 0.6 is 11.3 Å². The second-order valence-electron chi connectivity index (χ2n) is 2.91. The molecule has 1 aromatic rings. The fourth-order valence-corrected chi connectivity index (χ4v) is 2.06. The van der Waals surface area contributed by atoms with E-state index in [1.807, 2.05) is 12.1 Å². The molecule has 0 radical (unpaired) electrons. The highest BCUT2D eigenvalue weighted by Crippen LogP contribution is 2.25. The number of hydrogen-bond acceptors (Lipinski definition) is 4. The van der Waals surface area contributed by atoms with Gasteiger partial charge in [0.05, 0.1) is 6.10 Å². The van der Waals surface area contributed by atoms with Gasteiger partial charge in [0.2, 0.25) is 0 Å². The average Bonchev–Trinajstić information content (AvgIpc) is 2.63. The molecule has 1 aromatic heterocycles. The number of thiophene rings is 1. The lowest BCUT2D eigenvalue weighted by atomic mass is 10.2. The third kappa shape index (κ3) is 2.51. The minimum Gasteiger partial charge on any atom is -0.389 e. The van der Waals surface area contributed by atoms with E-state index < -0.39 is 12.2 Å². The van der Waals surface area contributed by atoms with E-state index in [0.717, 1.165) is 11.3 Å². The van der Waals surface area contributed by atoms with E-state index >= 15 is 0 Å². The lowest BCUT2D eigenvalue weighted by Crippen LogP contribution is -2.26. The summed E-state index contributed by atoms with van der Waals surface area (Å²) in [6.07, 6.45) is -0.741. The Labute approximate surface area is 81.8 Å². The van der Waals surface area contributed by atoms with Crippen LogP contribution in [0, 0.1) is 0 Å². The van der Waals surface area contributed by atoms with Crippen LogP contribution < -0.4 is 5.73 Å². The van der Waals surface area contributed by atoms with E-state index in [1.165, 1.54) is 16.2 Å². The number of hydrogen-bond donors (Lipinski definition) is 3. The van der Waals surface area contributed by atoms with Gasteiger partial charge in [0.1, 0.15) is 6.10 Å². The van der Waals surface area contributed by atoms with Crippen LogP contribution in [-0.4, -0.2) is 22.9 Å². The van der Waals surface area contributed by atoms with E-state index in [0.29, 0.717) is 0 Å². The maximum Gasteiger partial charge on any atom is 0.115 e. The van der Waals surface area contributed by atoms with Crippen molar-refractivity contribution in [3.63, 3.8) is 0 Å². The summed E-state index contributed by atoms with van der Waals surface area (Å²) in [5.74, 6) is 0. The molecule has 3 nitrogen and oxygen atoms in total. The first-order valence-electron chi connectivity index (χ1n) is 4.33. The predicted molar refractivity (Wildman–Crippen MR) is 53.7 cm³/mol. The summed E-state index contributed by atoms with van der Waals surface area (Å²) in [6.45, 7) is 2.14. The summed E-state index contributed by atoms with van der Waals surface area (Å²) >= 11 is 1.52. The summed E-state index contributed by atoms with van der Waals surface area (Å²) in [6, 6.07) is 3.81. The summed E-state index contributed by atoms with van der Waals surface area (Å²) in [5.41, 5.74) is 5.24. The second-order valence-corrected chi connectivity index (χ2v) is 4.11. The number of aryl methyl sites for hydroxylation is 1. The van der Waals surface area contributed by atoms with Gasteiger partial charge < -0.3 is 15.9 Å². The Hall–Kier alpha value is -0.420. The van der Waals surface area contributed by atoms with E-state index in [4.69, 9.17) is 5.73 Å². The first kappa shape index (κ1) is 10.7. The van der Waals surface area contributed by atoms with Crippen molar-refractivity contribution in [1.82, 2.24) is 0 Å². The molecule has 0 spiro atoms. The summed E-state index contributed by atoms with van der Waals surface area (Å²) in [7, 11) is 0. The molecule has 4 N–H and O–H groups in total. The van der Waals surface area contributed by atoms with Crippen molar-refractivity contribution in [2.75, 3.05) is 6.54 Å². The summed E-state index contributed by atoms with van der Waals surface area (Å²) in [4.78, 5) is 1.99. The third-order valence-corrected chi connectivity index (χ3v) is 3.23. The van der Waals surface area contributed by atoms with Crippen molar-refractivity contribution in [3.05, 3.63) is 21.9 Å². The van der Waals surface area contributed by atoms with Gasteiger partial charge in [-0.3, -0.25) is 0 Å². The highest BCUT2D eigenvalue weighted by atomic mass is 32.1. The zero-order valence-electron chi connectivity index (χ0n) is 7.60. The molecule has 74 valence electrons. The maximum absolute atomic E-state index is 9.58. The van der Waals surface area contributed by atoms with Gasteiger partial charge >= 0.3 is 0 Å². The quantitative estimate of drug-likeness (QED) is 0.670. The molecule has 0 aliphatic rings. The van der Waals surface area contributed by atoms with Gasteiger partial charge in [-0.2, -0.15) is 0 Å². The molecule has 0 aromatic carbocycles. The Morgan fingerprint density at radius 2 is 2.15 bits per heavy atom. The Morgan fingerprint density at radius 1 is 1.46 bits per heavy atom. The highest BCUT2D eigenvalue weighted by Gasteiger charge is 2.18. The number of nitrogens with two attached hydrogens (primary N) is 1. The van der Waals surface area contributed by atoms with Crippen LogP contribution in [0.3, 0.4) is 0 Å². The smallest absolute Gasteiger partial charge is 0.115 e. The highest BCUT2D eigenvalue weighted by molar-refractivity contribution is 7.12. The van der Waals surface area contributed by atoms with Crippen LogP contribution in [0.2, 0.25) is 0 Å². The zero-order valence-corrected chi connectivity index (χ0v) is 8.42. The van der Waals surface area contributed by atoms with E-state index in [1.54, 1.807) is 0 Å². The van der Waals surface area contributed by atoms with Crippen molar-refractivity contribution in [2.45, 2.75) is 25.6 Å². The molecule has 0 aliphatic heterocycles. The normalized spacial score (nSPS) is 15.7. The Balaban J connectivity index is 2.70. The van der Waals surface area contributed by atoms with Crippen molar-refractivity contribution in [2.24, 2.45) is 5.73 Å². The maximum atomic E-state index is 9.58. The molecule has 0 fully saturated rings. The summed E-state index contributed by atoms with van der Waals surface area (Å²) in [5, 5.41) is 18.9. The fraction of sp³-hybridized carbons (Fsp3) is 0.556. The number of rotatable bonds is 4. The molecule has 0 aliphatic carbocycles. The van der Waals surface area contributed by atoms with Gasteiger partial charge in [0.25, 0.3) is 0 Å². The fourth-order valence-electron chi connectivity index (χ4n) is 1.06. The zero-order chi connectivity index (χ0) is 9.84. The van der Waals surface area contributed by atoms with E-state index in [-0.39, 0.29) is 6.54 Å². The Morgan fingerprint density at radius 3 is 2.62 bits per heavy atom. The first-order chi connectivity index (χ1) is 6.19. The predicted octanol–water partition coefficient (Wildman–Crippen LogP) is 0.664. The third-order valence-electron chi connectivity index (χ3n) is 1.93. The van der Waals surface area contributed by atoms with Gasteiger partial charge in [0.15, 0.2) is 0 Å². The van der Waals surface area contributed by atoms with Crippen molar-refractivity contribution >= 4 is 11.3 Å². The SMILES string of the molecule is CCc1ccc(C(O)C(O)CN)s1. The van der Waals surface area contributed by atoms with Crippen molar-refractivity contribution < 1.29 is 10.2 Å². The minimum atomic E-state index is -0.858. The molecule has 0 saturated heterocycles. The Bertz CT molecular complexity index is 262. The topological polar surface area (TPSA) is 66.5 Å². The average molecular weight is 201 g/mol. The largest absolute Gasteiger partial charge is 0.389 e. The Kier molecular flexibility index (Phi) is 3.87. The molecule has 13 heavy (non-hydrogen) atoms. The van der Waals surface area contributed by atoms with Crippen LogP contribution in [0.1, 0.15) is 22.8 Å². The molecule has 4 heteroatoms. The number of aliphatic hydroxyl groups is 2. The van der Waals surface area contributed by atoms with Gasteiger partial charge in [-0.25, -0.2) is 0 Å². The van der Waals surface area contributed by atoms with Gasteiger partial charge in [-0.05, 0) is 18.6 Å². The first-order valence-corrected chi connectivity index (χ1v) is 5.15. The molecule has 1 rings (SSSR count). The summed E-state index contributed by atoms with van der Waals surface area (Å²) < 4.78 is 0. The van der Waals surface area contributed by atoms with E-state index in [2.05, 4.69) is 6.92 Å². The lowest BCUT2D eigenvalue weighted by molar-refractivity contribution is 0.0265. The second kappa shape index (κ2) is 4.72. The van der Waals surface area contributed by atoms with Gasteiger partial charge in [-0.1, -0.05) is 6.92 Å². The molecule has 2 atom stereocenters. The molecule has 0 saturated carbocycles.